The molecule has 9 heteroatoms. The van der Waals surface area contributed by atoms with Crippen molar-refractivity contribution in [1.29, 1.82) is 0 Å². The molecule has 0 radical (unpaired) electrons. The Kier molecular flexibility index (Phi) is 5.07. The normalized spacial score (nSPS) is 13.3. The lowest BCUT2D eigenvalue weighted by Crippen LogP contribution is -2.39. The second-order valence-electron chi connectivity index (χ2n) is 4.65. The van der Waals surface area contributed by atoms with Crippen molar-refractivity contribution in [3.63, 3.8) is 0 Å². The molecule has 0 atom stereocenters. The molecule has 1 aromatic heterocycles. The first-order chi connectivity index (χ1) is 8.51. The summed E-state index contributed by atoms with van der Waals surface area (Å²) in [5.41, 5.74) is 0.915. The van der Waals surface area contributed by atoms with Crippen LogP contribution in [-0.2, 0) is 15.7 Å². The highest BCUT2D eigenvalue weighted by Gasteiger charge is 2.46. The fourth-order valence-corrected chi connectivity index (χ4v) is 3.96. The van der Waals surface area contributed by atoms with Gasteiger partial charge < -0.3 is 19.6 Å². The first-order valence-corrected chi connectivity index (χ1v) is 8.97. The Bertz CT molecular complexity index is 513. The molecule has 1 aromatic rings. The Morgan fingerprint density at radius 2 is 1.68 bits per heavy atom. The van der Waals surface area contributed by atoms with Crippen LogP contribution in [0.25, 0.3) is 0 Å². The maximum atomic E-state index is 11.2. The van der Waals surface area contributed by atoms with E-state index in [2.05, 4.69) is 0 Å². The summed E-state index contributed by atoms with van der Waals surface area (Å²) < 4.78 is 23.8. The zero-order valence-corrected chi connectivity index (χ0v) is 12.4. The Hall–Kier alpha value is -0.550. The number of hydrogen-bond acceptors (Lipinski definition) is 2. The third kappa shape index (κ3) is 4.80. The van der Waals surface area contributed by atoms with E-state index in [0.29, 0.717) is 0 Å². The van der Waals surface area contributed by atoms with E-state index in [1.165, 1.54) is 10.8 Å². The molecule has 0 fully saturated rings. The highest BCUT2D eigenvalue weighted by Crippen LogP contribution is 2.59. The first-order valence-electron chi connectivity index (χ1n) is 5.61. The number of hydrogen-bond donors (Lipinski definition) is 4. The minimum atomic E-state index is -4.89. The number of aromatic nitrogens is 1. The molecule has 0 bridgehead atoms. The Balaban J connectivity index is 3.08. The van der Waals surface area contributed by atoms with E-state index in [1.807, 2.05) is 19.9 Å². The summed E-state index contributed by atoms with van der Waals surface area (Å²) in [6.45, 7) is 3.46. The van der Waals surface area contributed by atoms with Crippen molar-refractivity contribution in [2.45, 2.75) is 31.7 Å². The molecule has 19 heavy (non-hydrogen) atoms. The van der Waals surface area contributed by atoms with Gasteiger partial charge in [0.2, 0.25) is 5.40 Å². The van der Waals surface area contributed by atoms with Crippen molar-refractivity contribution in [3.05, 3.63) is 30.1 Å². The molecule has 0 spiro atoms. The first kappa shape index (κ1) is 16.5. The van der Waals surface area contributed by atoms with Gasteiger partial charge in [0.05, 0.1) is 0 Å². The number of nitrogens with zero attached hydrogens (tertiary/aromatic N) is 1. The smallest absolute Gasteiger partial charge is 0.324 e. The van der Waals surface area contributed by atoms with Crippen LogP contribution in [0.4, 0.5) is 0 Å². The average molecular weight is 310 g/mol. The molecule has 1 rings (SSSR count). The predicted molar refractivity (Wildman–Crippen MR) is 68.6 cm³/mol. The van der Waals surface area contributed by atoms with Crippen LogP contribution in [0.5, 0.6) is 0 Å². The largest absolute Gasteiger partial charge is 0.347 e. The van der Waals surface area contributed by atoms with Crippen LogP contribution in [0.1, 0.15) is 25.3 Å². The van der Waals surface area contributed by atoms with Gasteiger partial charge in [-0.3, -0.25) is 9.13 Å². The van der Waals surface area contributed by atoms with Crippen molar-refractivity contribution in [3.8, 4) is 0 Å². The van der Waals surface area contributed by atoms with Crippen molar-refractivity contribution >= 4 is 15.2 Å². The topological polar surface area (TPSA) is 119 Å². The molecule has 0 amide bonds. The second-order valence-corrected chi connectivity index (χ2v) is 8.66. The van der Waals surface area contributed by atoms with Crippen molar-refractivity contribution < 1.29 is 33.3 Å². The molecule has 0 saturated carbocycles. The van der Waals surface area contributed by atoms with Gasteiger partial charge in [-0.25, -0.2) is 4.57 Å². The van der Waals surface area contributed by atoms with Crippen LogP contribution in [0.3, 0.4) is 0 Å². The zero-order valence-electron chi connectivity index (χ0n) is 10.6. The second kappa shape index (κ2) is 5.83. The maximum Gasteiger partial charge on any atom is 0.347 e. The molecule has 7 nitrogen and oxygen atoms in total. The molecule has 0 unspecified atom stereocenters. The van der Waals surface area contributed by atoms with Gasteiger partial charge in [0.15, 0.2) is 18.9 Å². The quantitative estimate of drug-likeness (QED) is 0.471. The lowest BCUT2D eigenvalue weighted by atomic mass is 10.1. The van der Waals surface area contributed by atoms with E-state index in [1.54, 1.807) is 12.3 Å². The Morgan fingerprint density at radius 3 is 2.11 bits per heavy atom. The Morgan fingerprint density at radius 1 is 1.16 bits per heavy atom. The summed E-state index contributed by atoms with van der Waals surface area (Å²) in [4.78, 5) is 36.2. The van der Waals surface area contributed by atoms with Crippen LogP contribution in [0.15, 0.2) is 24.5 Å². The summed E-state index contributed by atoms with van der Waals surface area (Å²) in [6.07, 6.45) is 3.15. The van der Waals surface area contributed by atoms with Gasteiger partial charge in [-0.2, -0.15) is 0 Å². The lowest BCUT2D eigenvalue weighted by molar-refractivity contribution is -0.695. The highest BCUT2D eigenvalue weighted by atomic mass is 31.2. The SMILES string of the molecule is CC(C)c1ccc[n+](CC(P(=O)(O)O)P(=O)(O)O)c1. The third-order valence-electron chi connectivity index (χ3n) is 2.70. The monoisotopic (exact) mass is 310 g/mol. The molecule has 1 heterocycles. The number of rotatable bonds is 5. The standard InChI is InChI=1S/C10H17NO6P2/c1-8(2)9-4-3-5-11(6-9)7-10(18(12,13)14)19(15,16)17/h3-6,8,10H,7H2,1-2H3,(H3-,12,13,14,15,16,17)/p+1. The highest BCUT2D eigenvalue weighted by molar-refractivity contribution is 7.70. The van der Waals surface area contributed by atoms with E-state index in [4.69, 9.17) is 19.6 Å². The fourth-order valence-electron chi connectivity index (χ4n) is 1.59. The van der Waals surface area contributed by atoms with Gasteiger partial charge in [0.1, 0.15) is 0 Å². The predicted octanol–water partition coefficient (Wildman–Crippen LogP) is 0.779. The van der Waals surface area contributed by atoms with Gasteiger partial charge in [0.25, 0.3) is 0 Å². The molecule has 0 aliphatic carbocycles. The zero-order chi connectivity index (χ0) is 14.8. The minimum absolute atomic E-state index is 0.205. The minimum Gasteiger partial charge on any atom is -0.324 e. The maximum absolute atomic E-state index is 11.2. The summed E-state index contributed by atoms with van der Waals surface area (Å²) in [7, 11) is -9.77. The summed E-state index contributed by atoms with van der Waals surface area (Å²) >= 11 is 0. The van der Waals surface area contributed by atoms with E-state index in [9.17, 15) is 9.13 Å². The van der Waals surface area contributed by atoms with Gasteiger partial charge in [-0.15, -0.1) is 0 Å². The molecular formula is C10H18NO6P2+. The van der Waals surface area contributed by atoms with Crippen LogP contribution in [0, 0.1) is 0 Å². The molecule has 0 aliphatic heterocycles. The van der Waals surface area contributed by atoms with Gasteiger partial charge in [-0.1, -0.05) is 13.8 Å². The van der Waals surface area contributed by atoms with Crippen LogP contribution in [0.2, 0.25) is 0 Å². The Labute approximate surface area is 111 Å². The van der Waals surface area contributed by atoms with E-state index < -0.39 is 27.1 Å². The average Bonchev–Trinajstić information content (AvgIpc) is 2.23. The molecule has 0 saturated heterocycles. The van der Waals surface area contributed by atoms with E-state index in [-0.39, 0.29) is 5.92 Å². The van der Waals surface area contributed by atoms with Crippen molar-refractivity contribution in [1.82, 2.24) is 0 Å². The van der Waals surface area contributed by atoms with Gasteiger partial charge in [-0.05, 0) is 12.0 Å². The van der Waals surface area contributed by atoms with Gasteiger partial charge >= 0.3 is 15.2 Å². The fraction of sp³-hybridized carbons (Fsp3) is 0.500. The molecule has 0 aromatic carbocycles. The summed E-state index contributed by atoms with van der Waals surface area (Å²) in [6, 6.07) is 3.51. The molecule has 4 N–H and O–H groups in total. The van der Waals surface area contributed by atoms with Crippen molar-refractivity contribution in [2.75, 3.05) is 0 Å². The van der Waals surface area contributed by atoms with E-state index >= 15 is 0 Å². The van der Waals surface area contributed by atoms with E-state index in [0.717, 1.165) is 5.56 Å². The van der Waals surface area contributed by atoms with Crippen LogP contribution >= 0.6 is 15.2 Å². The summed E-state index contributed by atoms with van der Waals surface area (Å²) in [5.74, 6) is 0.205. The van der Waals surface area contributed by atoms with Crippen LogP contribution < -0.4 is 4.57 Å². The third-order valence-corrected chi connectivity index (χ3v) is 6.38. The summed E-state index contributed by atoms with van der Waals surface area (Å²) in [5, 5.41) is -2.02. The molecule has 0 aliphatic rings. The van der Waals surface area contributed by atoms with Crippen molar-refractivity contribution in [2.24, 2.45) is 0 Å². The number of pyridine rings is 1. The van der Waals surface area contributed by atoms with Crippen LogP contribution in [-0.4, -0.2) is 25.0 Å². The lowest BCUT2D eigenvalue weighted by Gasteiger charge is -2.17. The van der Waals surface area contributed by atoms with Gasteiger partial charge in [0, 0.05) is 11.6 Å². The molecule has 108 valence electrons. The molecular weight excluding hydrogens is 292 g/mol.